The molecule has 1 saturated carbocycles. The van der Waals surface area contributed by atoms with Crippen LogP contribution in [0, 0.1) is 0 Å². The molecule has 0 spiro atoms. The van der Waals surface area contributed by atoms with Crippen molar-refractivity contribution in [3.63, 3.8) is 0 Å². The smallest absolute Gasteiger partial charge is 0.288 e. The first-order valence-electron chi connectivity index (χ1n) is 6.42. The summed E-state index contributed by atoms with van der Waals surface area (Å²) in [6, 6.07) is 7.53. The topological polar surface area (TPSA) is 26.0 Å². The maximum Gasteiger partial charge on any atom is 0.288 e. The fourth-order valence-electron chi connectivity index (χ4n) is 2.83. The van der Waals surface area contributed by atoms with E-state index in [1.54, 1.807) is 12.1 Å². The molecule has 100 valence electrons. The summed E-state index contributed by atoms with van der Waals surface area (Å²) in [4.78, 5) is 0.622. The summed E-state index contributed by atoms with van der Waals surface area (Å²) >= 11 is 0.596. The molecule has 0 aromatic heterocycles. The summed E-state index contributed by atoms with van der Waals surface area (Å²) in [6.45, 7) is 0.647. The molecule has 0 aliphatic heterocycles. The van der Waals surface area contributed by atoms with Crippen molar-refractivity contribution >= 4 is 11.8 Å². The molecule has 1 fully saturated rings. The van der Waals surface area contributed by atoms with Crippen molar-refractivity contribution in [3.05, 3.63) is 29.8 Å². The Labute approximate surface area is 111 Å². The van der Waals surface area contributed by atoms with E-state index in [4.69, 9.17) is 5.73 Å². The second-order valence-corrected chi connectivity index (χ2v) is 6.01. The van der Waals surface area contributed by atoms with Gasteiger partial charge in [0.05, 0.1) is 0 Å². The lowest BCUT2D eigenvalue weighted by molar-refractivity contribution is 0.252. The summed E-state index contributed by atoms with van der Waals surface area (Å²) in [5.74, 6) is -2.35. The second kappa shape index (κ2) is 6.02. The maximum absolute atomic E-state index is 12.3. The van der Waals surface area contributed by atoms with Crippen molar-refractivity contribution in [2.45, 2.75) is 48.2 Å². The van der Waals surface area contributed by atoms with Crippen LogP contribution in [0.4, 0.5) is 8.78 Å². The van der Waals surface area contributed by atoms with E-state index >= 15 is 0 Å². The van der Waals surface area contributed by atoms with Crippen molar-refractivity contribution in [2.75, 3.05) is 6.54 Å². The number of hydrogen-bond acceptors (Lipinski definition) is 2. The van der Waals surface area contributed by atoms with Crippen molar-refractivity contribution < 1.29 is 8.78 Å². The molecule has 18 heavy (non-hydrogen) atoms. The first kappa shape index (κ1) is 13.8. The van der Waals surface area contributed by atoms with Gasteiger partial charge in [0, 0.05) is 16.9 Å². The van der Waals surface area contributed by atoms with E-state index in [2.05, 4.69) is 0 Å². The molecule has 0 amide bonds. The number of alkyl halides is 2. The molecule has 0 heterocycles. The van der Waals surface area contributed by atoms with Crippen molar-refractivity contribution in [2.24, 2.45) is 5.73 Å². The van der Waals surface area contributed by atoms with Crippen LogP contribution >= 0.6 is 11.8 Å². The van der Waals surface area contributed by atoms with Crippen molar-refractivity contribution in [1.29, 1.82) is 0 Å². The van der Waals surface area contributed by atoms with Crippen LogP contribution < -0.4 is 5.73 Å². The number of nitrogens with two attached hydrogens (primary N) is 1. The van der Waals surface area contributed by atoms with E-state index in [0.717, 1.165) is 12.8 Å². The largest absolute Gasteiger partial charge is 0.330 e. The van der Waals surface area contributed by atoms with Gasteiger partial charge in [0.2, 0.25) is 0 Å². The summed E-state index contributed by atoms with van der Waals surface area (Å²) in [5.41, 5.74) is 7.25. The molecule has 1 nitrogen and oxygen atoms in total. The van der Waals surface area contributed by atoms with Gasteiger partial charge in [-0.25, -0.2) is 0 Å². The molecule has 0 bridgehead atoms. The van der Waals surface area contributed by atoms with E-state index in [0.29, 0.717) is 23.2 Å². The van der Waals surface area contributed by atoms with E-state index in [9.17, 15) is 8.78 Å². The molecule has 1 aliphatic rings. The molecular weight excluding hydrogens is 252 g/mol. The molecule has 2 N–H and O–H groups in total. The summed E-state index contributed by atoms with van der Waals surface area (Å²) in [6.07, 6.45) is 5.94. The Morgan fingerprint density at radius 2 is 1.72 bits per heavy atom. The van der Waals surface area contributed by atoms with Gasteiger partial charge in [-0.15, -0.1) is 0 Å². The highest BCUT2D eigenvalue weighted by atomic mass is 32.2. The number of rotatable bonds is 4. The fourth-order valence-corrected chi connectivity index (χ4v) is 3.33. The lowest BCUT2D eigenvalue weighted by Gasteiger charge is -2.37. The Bertz CT molecular complexity index is 372. The Morgan fingerprint density at radius 1 is 1.11 bits per heavy atom. The summed E-state index contributed by atoms with van der Waals surface area (Å²) in [7, 11) is 0. The molecule has 0 saturated heterocycles. The van der Waals surface area contributed by atoms with Gasteiger partial charge in [-0.05, 0) is 30.5 Å². The van der Waals surface area contributed by atoms with Crippen LogP contribution in [0.25, 0.3) is 0 Å². The van der Waals surface area contributed by atoms with Gasteiger partial charge in [0.15, 0.2) is 0 Å². The number of benzene rings is 1. The highest BCUT2D eigenvalue weighted by molar-refractivity contribution is 7.99. The molecular formula is C14H19F2NS. The van der Waals surface area contributed by atoms with Gasteiger partial charge in [-0.1, -0.05) is 43.2 Å². The molecule has 0 radical (unpaired) electrons. The van der Waals surface area contributed by atoms with Crippen molar-refractivity contribution in [3.8, 4) is 0 Å². The third kappa shape index (κ3) is 3.04. The average molecular weight is 271 g/mol. The minimum atomic E-state index is -2.35. The van der Waals surface area contributed by atoms with Gasteiger partial charge < -0.3 is 5.73 Å². The SMILES string of the molecule is NCC1(c2ccc(SC(F)F)cc2)CCCCC1. The minimum absolute atomic E-state index is 0.0757. The number of hydrogen-bond donors (Lipinski definition) is 1. The third-order valence-corrected chi connectivity index (χ3v) is 4.62. The molecule has 4 heteroatoms. The van der Waals surface area contributed by atoms with Crippen LogP contribution in [-0.2, 0) is 5.41 Å². The lowest BCUT2D eigenvalue weighted by atomic mass is 9.69. The van der Waals surface area contributed by atoms with E-state index in [-0.39, 0.29) is 5.41 Å². The maximum atomic E-state index is 12.3. The molecule has 0 unspecified atom stereocenters. The van der Waals surface area contributed by atoms with E-state index in [1.807, 2.05) is 12.1 Å². The number of thioether (sulfide) groups is 1. The fraction of sp³-hybridized carbons (Fsp3) is 0.571. The van der Waals surface area contributed by atoms with Crippen LogP contribution in [-0.4, -0.2) is 12.3 Å². The quantitative estimate of drug-likeness (QED) is 0.832. The number of halogens is 2. The highest BCUT2D eigenvalue weighted by Gasteiger charge is 2.32. The monoisotopic (exact) mass is 271 g/mol. The zero-order chi connectivity index (χ0) is 13.0. The van der Waals surface area contributed by atoms with Gasteiger partial charge in [-0.3, -0.25) is 0 Å². The van der Waals surface area contributed by atoms with Gasteiger partial charge in [0.25, 0.3) is 5.76 Å². The first-order chi connectivity index (χ1) is 8.66. The molecule has 1 aromatic rings. The Hall–Kier alpha value is -0.610. The van der Waals surface area contributed by atoms with Crippen LogP contribution in [0.5, 0.6) is 0 Å². The van der Waals surface area contributed by atoms with Gasteiger partial charge in [0.1, 0.15) is 0 Å². The van der Waals surface area contributed by atoms with E-state index in [1.165, 1.54) is 24.8 Å². The molecule has 2 rings (SSSR count). The highest BCUT2D eigenvalue weighted by Crippen LogP contribution is 2.39. The standard InChI is InChI=1S/C14H19F2NS/c15-13(16)18-12-6-4-11(5-7-12)14(10-17)8-2-1-3-9-14/h4-7,13H,1-3,8-10,17H2. The zero-order valence-electron chi connectivity index (χ0n) is 10.4. The lowest BCUT2D eigenvalue weighted by Crippen LogP contribution is -2.37. The molecule has 1 aliphatic carbocycles. The molecule has 1 aromatic carbocycles. The van der Waals surface area contributed by atoms with E-state index < -0.39 is 5.76 Å². The van der Waals surface area contributed by atoms with Gasteiger partial charge >= 0.3 is 0 Å². The summed E-state index contributed by atoms with van der Waals surface area (Å²) < 4.78 is 24.5. The zero-order valence-corrected chi connectivity index (χ0v) is 11.2. The Kier molecular flexibility index (Phi) is 4.62. The normalized spacial score (nSPS) is 19.1. The first-order valence-corrected chi connectivity index (χ1v) is 7.30. The van der Waals surface area contributed by atoms with Crippen LogP contribution in [0.1, 0.15) is 37.7 Å². The van der Waals surface area contributed by atoms with Crippen molar-refractivity contribution in [1.82, 2.24) is 0 Å². The predicted octanol–water partition coefficient (Wildman–Crippen LogP) is 4.16. The van der Waals surface area contributed by atoms with Crippen LogP contribution in [0.3, 0.4) is 0 Å². The Morgan fingerprint density at radius 3 is 2.22 bits per heavy atom. The minimum Gasteiger partial charge on any atom is -0.330 e. The third-order valence-electron chi connectivity index (χ3n) is 3.89. The average Bonchev–Trinajstić information content (AvgIpc) is 2.39. The van der Waals surface area contributed by atoms with Crippen LogP contribution in [0.2, 0.25) is 0 Å². The molecule has 0 atom stereocenters. The van der Waals surface area contributed by atoms with Crippen LogP contribution in [0.15, 0.2) is 29.2 Å². The summed E-state index contributed by atoms with van der Waals surface area (Å²) in [5, 5.41) is 0. The second-order valence-electron chi connectivity index (χ2n) is 4.95. The van der Waals surface area contributed by atoms with Gasteiger partial charge in [-0.2, -0.15) is 8.78 Å². The Balaban J connectivity index is 2.16. The predicted molar refractivity (Wildman–Crippen MR) is 72.1 cm³/mol.